The van der Waals surface area contributed by atoms with Crippen molar-refractivity contribution in [3.63, 3.8) is 0 Å². The van der Waals surface area contributed by atoms with Crippen LogP contribution in [0, 0.1) is 0 Å². The maximum absolute atomic E-state index is 12.3. The van der Waals surface area contributed by atoms with E-state index in [1.807, 2.05) is 36.4 Å². The highest BCUT2D eigenvalue weighted by Gasteiger charge is 2.14. The van der Waals surface area contributed by atoms with Crippen LogP contribution in [0.3, 0.4) is 0 Å². The van der Waals surface area contributed by atoms with Crippen molar-refractivity contribution < 1.29 is 9.21 Å². The third-order valence-corrected chi connectivity index (χ3v) is 6.06. The lowest BCUT2D eigenvalue weighted by molar-refractivity contribution is -0.111. The Labute approximate surface area is 191 Å². The molecule has 1 saturated heterocycles. The Morgan fingerprint density at radius 1 is 1.00 bits per heavy atom. The summed E-state index contributed by atoms with van der Waals surface area (Å²) < 4.78 is 5.78. The first-order valence-electron chi connectivity index (χ1n) is 10.1. The van der Waals surface area contributed by atoms with Crippen LogP contribution in [-0.2, 0) is 4.79 Å². The molecule has 0 aliphatic carbocycles. The van der Waals surface area contributed by atoms with Gasteiger partial charge in [0.15, 0.2) is 0 Å². The summed E-state index contributed by atoms with van der Waals surface area (Å²) in [7, 11) is 2.14. The number of anilines is 2. The van der Waals surface area contributed by atoms with Crippen LogP contribution >= 0.6 is 23.2 Å². The van der Waals surface area contributed by atoms with E-state index in [1.165, 1.54) is 11.8 Å². The molecule has 0 spiro atoms. The number of nitrogens with zero attached hydrogens (tertiary/aromatic N) is 2. The molecule has 1 aliphatic rings. The van der Waals surface area contributed by atoms with Crippen molar-refractivity contribution in [2.45, 2.75) is 0 Å². The van der Waals surface area contributed by atoms with Crippen LogP contribution in [0.4, 0.5) is 11.4 Å². The predicted octanol–water partition coefficient (Wildman–Crippen LogP) is 5.66. The summed E-state index contributed by atoms with van der Waals surface area (Å²) in [5.74, 6) is 0.907. The smallest absolute Gasteiger partial charge is 0.248 e. The Morgan fingerprint density at radius 2 is 1.74 bits per heavy atom. The van der Waals surface area contributed by atoms with Crippen molar-refractivity contribution >= 4 is 46.6 Å². The highest BCUT2D eigenvalue weighted by atomic mass is 35.5. The van der Waals surface area contributed by atoms with Gasteiger partial charge in [0.05, 0.1) is 10.0 Å². The van der Waals surface area contributed by atoms with E-state index >= 15 is 0 Å². The van der Waals surface area contributed by atoms with Crippen LogP contribution in [0.2, 0.25) is 10.0 Å². The van der Waals surface area contributed by atoms with Gasteiger partial charge in [0.1, 0.15) is 11.5 Å². The van der Waals surface area contributed by atoms with E-state index in [0.717, 1.165) is 31.9 Å². The summed E-state index contributed by atoms with van der Waals surface area (Å²) in [5.41, 5.74) is 2.63. The van der Waals surface area contributed by atoms with Crippen LogP contribution < -0.4 is 10.2 Å². The van der Waals surface area contributed by atoms with Gasteiger partial charge in [0, 0.05) is 49.2 Å². The average Bonchev–Trinajstić information content (AvgIpc) is 3.24. The normalized spacial score (nSPS) is 14.9. The second-order valence-corrected chi connectivity index (χ2v) is 8.25. The molecule has 3 aromatic rings. The lowest BCUT2D eigenvalue weighted by atomic mass is 10.2. The molecule has 7 heteroatoms. The topological polar surface area (TPSA) is 48.7 Å². The standard InChI is InChI=1S/C24H23Cl2N3O2/c1-28-13-15-29(16-14-28)18-7-5-17(6-8-18)27-23(30)12-10-19-9-11-22(31-19)20-3-2-4-21(25)24(20)26/h2-12H,13-16H2,1H3,(H,27,30). The first-order chi connectivity index (χ1) is 15.0. The van der Waals surface area contributed by atoms with Gasteiger partial charge in [-0.15, -0.1) is 0 Å². The number of halogens is 2. The van der Waals surface area contributed by atoms with Gasteiger partial charge in [-0.3, -0.25) is 4.79 Å². The minimum absolute atomic E-state index is 0.230. The Bertz CT molecular complexity index is 1080. The fourth-order valence-corrected chi connectivity index (χ4v) is 3.84. The molecule has 0 bridgehead atoms. The van der Waals surface area contributed by atoms with Crippen molar-refractivity contribution in [2.75, 3.05) is 43.4 Å². The summed E-state index contributed by atoms with van der Waals surface area (Å²) in [4.78, 5) is 17.0. The molecule has 160 valence electrons. The predicted molar refractivity (Wildman–Crippen MR) is 128 cm³/mol. The van der Waals surface area contributed by atoms with Crippen molar-refractivity contribution in [3.05, 3.63) is 76.5 Å². The molecule has 2 aromatic carbocycles. The first-order valence-corrected chi connectivity index (χ1v) is 10.8. The summed E-state index contributed by atoms with van der Waals surface area (Å²) in [5, 5.41) is 3.77. The lowest BCUT2D eigenvalue weighted by Gasteiger charge is -2.34. The quantitative estimate of drug-likeness (QED) is 0.504. The zero-order chi connectivity index (χ0) is 21.8. The highest BCUT2D eigenvalue weighted by molar-refractivity contribution is 6.43. The van der Waals surface area contributed by atoms with Crippen LogP contribution in [0.5, 0.6) is 0 Å². The van der Waals surface area contributed by atoms with Crippen molar-refractivity contribution in [3.8, 4) is 11.3 Å². The number of rotatable bonds is 5. The summed E-state index contributed by atoms with van der Waals surface area (Å²) >= 11 is 12.3. The fraction of sp³-hybridized carbons (Fsp3) is 0.208. The number of hydrogen-bond acceptors (Lipinski definition) is 4. The zero-order valence-electron chi connectivity index (χ0n) is 17.1. The second-order valence-electron chi connectivity index (χ2n) is 7.46. The Kier molecular flexibility index (Phi) is 6.66. The molecule has 0 saturated carbocycles. The summed E-state index contributed by atoms with van der Waals surface area (Å²) in [6.45, 7) is 4.13. The number of nitrogens with one attached hydrogen (secondary N) is 1. The molecule has 5 nitrogen and oxygen atoms in total. The third kappa shape index (κ3) is 5.31. The molecule has 2 heterocycles. The second kappa shape index (κ2) is 9.60. The number of likely N-dealkylation sites (N-methyl/N-ethyl adjacent to an activating group) is 1. The molecule has 1 aliphatic heterocycles. The van der Waals surface area contributed by atoms with E-state index in [-0.39, 0.29) is 5.91 Å². The van der Waals surface area contributed by atoms with E-state index < -0.39 is 0 Å². The number of carbonyl (C=O) groups is 1. The fourth-order valence-electron chi connectivity index (χ4n) is 3.44. The van der Waals surface area contributed by atoms with E-state index in [2.05, 4.69) is 22.2 Å². The van der Waals surface area contributed by atoms with E-state index in [0.29, 0.717) is 27.1 Å². The van der Waals surface area contributed by atoms with Crippen molar-refractivity contribution in [1.82, 2.24) is 4.90 Å². The number of carbonyl (C=O) groups excluding carboxylic acids is 1. The lowest BCUT2D eigenvalue weighted by Crippen LogP contribution is -2.44. The number of benzene rings is 2. The molecule has 1 fully saturated rings. The van der Waals surface area contributed by atoms with Gasteiger partial charge < -0.3 is 19.5 Å². The van der Waals surface area contributed by atoms with Crippen LogP contribution in [-0.4, -0.2) is 44.0 Å². The van der Waals surface area contributed by atoms with Gasteiger partial charge in [0.25, 0.3) is 0 Å². The first kappa shape index (κ1) is 21.5. The van der Waals surface area contributed by atoms with Crippen LogP contribution in [0.25, 0.3) is 17.4 Å². The zero-order valence-corrected chi connectivity index (χ0v) is 18.7. The number of piperazine rings is 1. The van der Waals surface area contributed by atoms with Crippen LogP contribution in [0.1, 0.15) is 5.76 Å². The summed E-state index contributed by atoms with van der Waals surface area (Å²) in [6.07, 6.45) is 3.06. The van der Waals surface area contributed by atoms with Crippen molar-refractivity contribution in [2.24, 2.45) is 0 Å². The number of furan rings is 1. The minimum atomic E-state index is -0.230. The van der Waals surface area contributed by atoms with Crippen LogP contribution in [0.15, 0.2) is 65.1 Å². The minimum Gasteiger partial charge on any atom is -0.457 e. The Morgan fingerprint density at radius 3 is 2.48 bits per heavy atom. The molecule has 31 heavy (non-hydrogen) atoms. The molecule has 1 amide bonds. The van der Waals surface area contributed by atoms with E-state index in [1.54, 1.807) is 24.3 Å². The Hall–Kier alpha value is -2.73. The van der Waals surface area contributed by atoms with Gasteiger partial charge in [0.2, 0.25) is 5.91 Å². The molecular weight excluding hydrogens is 433 g/mol. The van der Waals surface area contributed by atoms with Gasteiger partial charge >= 0.3 is 0 Å². The molecule has 0 radical (unpaired) electrons. The van der Waals surface area contributed by atoms with E-state index in [9.17, 15) is 4.79 Å². The largest absolute Gasteiger partial charge is 0.457 e. The Balaban J connectivity index is 1.36. The maximum atomic E-state index is 12.3. The van der Waals surface area contributed by atoms with Crippen molar-refractivity contribution in [1.29, 1.82) is 0 Å². The van der Waals surface area contributed by atoms with Gasteiger partial charge in [-0.1, -0.05) is 29.3 Å². The molecule has 1 N–H and O–H groups in total. The molecule has 0 unspecified atom stereocenters. The molecule has 4 rings (SSSR count). The molecule has 1 aromatic heterocycles. The summed E-state index contributed by atoms with van der Waals surface area (Å²) in [6, 6.07) is 16.9. The number of amides is 1. The van der Waals surface area contributed by atoms with Gasteiger partial charge in [-0.25, -0.2) is 0 Å². The third-order valence-electron chi connectivity index (χ3n) is 5.25. The molecular formula is C24H23Cl2N3O2. The number of hydrogen-bond donors (Lipinski definition) is 1. The van der Waals surface area contributed by atoms with Gasteiger partial charge in [-0.2, -0.15) is 0 Å². The SMILES string of the molecule is CN1CCN(c2ccc(NC(=O)C=Cc3ccc(-c4cccc(Cl)c4Cl)o3)cc2)CC1. The monoisotopic (exact) mass is 455 g/mol. The highest BCUT2D eigenvalue weighted by Crippen LogP contribution is 2.34. The average molecular weight is 456 g/mol. The maximum Gasteiger partial charge on any atom is 0.248 e. The van der Waals surface area contributed by atoms with E-state index in [4.69, 9.17) is 27.6 Å². The van der Waals surface area contributed by atoms with Gasteiger partial charge in [-0.05, 0) is 61.7 Å². The molecule has 0 atom stereocenters.